The van der Waals surface area contributed by atoms with E-state index in [1.54, 1.807) is 6.92 Å². The first-order valence-electron chi connectivity index (χ1n) is 7.96. The molecule has 0 aliphatic carbocycles. The maximum absolute atomic E-state index is 12.1. The van der Waals surface area contributed by atoms with Gasteiger partial charge >= 0.3 is 5.97 Å². The van der Waals surface area contributed by atoms with E-state index in [0.717, 1.165) is 17.0 Å². The second-order valence-electron chi connectivity index (χ2n) is 5.91. The van der Waals surface area contributed by atoms with Crippen molar-refractivity contribution in [2.45, 2.75) is 45.6 Å². The van der Waals surface area contributed by atoms with Crippen molar-refractivity contribution in [2.75, 3.05) is 0 Å². The Labute approximate surface area is 145 Å². The van der Waals surface area contributed by atoms with Gasteiger partial charge in [0.25, 0.3) is 0 Å². The number of carboxylic acids is 1. The number of benzene rings is 1. The molecule has 0 fully saturated rings. The molecule has 1 heterocycles. The SMILES string of the molecule is CCc1ccc(-c2nc(CC(=O)NC(C)(CC)C(=O)O)cs2)cc1. The van der Waals surface area contributed by atoms with Gasteiger partial charge in [-0.05, 0) is 25.3 Å². The number of aliphatic carboxylic acids is 1. The molecule has 0 aliphatic rings. The van der Waals surface area contributed by atoms with Crippen LogP contribution < -0.4 is 5.32 Å². The van der Waals surface area contributed by atoms with Gasteiger partial charge in [-0.3, -0.25) is 4.79 Å². The van der Waals surface area contributed by atoms with Gasteiger partial charge in [0.05, 0.1) is 12.1 Å². The monoisotopic (exact) mass is 346 g/mol. The van der Waals surface area contributed by atoms with E-state index in [4.69, 9.17) is 0 Å². The smallest absolute Gasteiger partial charge is 0.329 e. The molecule has 0 bridgehead atoms. The number of thiazole rings is 1. The van der Waals surface area contributed by atoms with Crippen molar-refractivity contribution in [1.82, 2.24) is 10.3 Å². The predicted octanol–water partition coefficient (Wildman–Crippen LogP) is 3.28. The lowest BCUT2D eigenvalue weighted by Crippen LogP contribution is -2.52. The number of nitrogens with one attached hydrogen (secondary N) is 1. The first-order chi connectivity index (χ1) is 11.4. The quantitative estimate of drug-likeness (QED) is 0.806. The number of hydrogen-bond donors (Lipinski definition) is 2. The van der Waals surface area contributed by atoms with Crippen molar-refractivity contribution in [2.24, 2.45) is 0 Å². The molecule has 2 rings (SSSR count). The van der Waals surface area contributed by atoms with Crippen LogP contribution in [0.25, 0.3) is 10.6 Å². The summed E-state index contributed by atoms with van der Waals surface area (Å²) < 4.78 is 0. The number of aryl methyl sites for hydroxylation is 1. The van der Waals surface area contributed by atoms with Crippen LogP contribution in [0.1, 0.15) is 38.4 Å². The molecule has 0 aliphatic heterocycles. The van der Waals surface area contributed by atoms with Crippen molar-refractivity contribution in [1.29, 1.82) is 0 Å². The third kappa shape index (κ3) is 4.20. The summed E-state index contributed by atoms with van der Waals surface area (Å²) in [5, 5.41) is 14.5. The van der Waals surface area contributed by atoms with E-state index < -0.39 is 11.5 Å². The van der Waals surface area contributed by atoms with Crippen molar-refractivity contribution in [3.8, 4) is 10.6 Å². The second-order valence-corrected chi connectivity index (χ2v) is 6.77. The molecule has 0 spiro atoms. The Morgan fingerprint density at radius 2 is 1.92 bits per heavy atom. The lowest BCUT2D eigenvalue weighted by Gasteiger charge is -2.24. The number of hydrogen-bond acceptors (Lipinski definition) is 4. The average Bonchev–Trinajstić information content (AvgIpc) is 3.02. The summed E-state index contributed by atoms with van der Waals surface area (Å²) in [6, 6.07) is 8.20. The molecule has 0 radical (unpaired) electrons. The van der Waals surface area contributed by atoms with Crippen LogP contribution >= 0.6 is 11.3 Å². The first-order valence-corrected chi connectivity index (χ1v) is 8.84. The predicted molar refractivity (Wildman–Crippen MR) is 95.1 cm³/mol. The minimum atomic E-state index is -1.24. The third-order valence-electron chi connectivity index (χ3n) is 4.10. The number of carbonyl (C=O) groups excluding carboxylic acids is 1. The number of aromatic nitrogens is 1. The Morgan fingerprint density at radius 3 is 2.46 bits per heavy atom. The largest absolute Gasteiger partial charge is 0.480 e. The zero-order valence-corrected chi connectivity index (χ0v) is 14.9. The van der Waals surface area contributed by atoms with Crippen LogP contribution in [0, 0.1) is 0 Å². The maximum Gasteiger partial charge on any atom is 0.329 e. The topological polar surface area (TPSA) is 79.3 Å². The number of rotatable bonds is 7. The minimum Gasteiger partial charge on any atom is -0.480 e. The van der Waals surface area contributed by atoms with Crippen LogP contribution in [0.5, 0.6) is 0 Å². The first kappa shape index (κ1) is 18.1. The second kappa shape index (κ2) is 7.57. The molecule has 1 aromatic heterocycles. The minimum absolute atomic E-state index is 0.0758. The summed E-state index contributed by atoms with van der Waals surface area (Å²) >= 11 is 1.48. The van der Waals surface area contributed by atoms with E-state index in [-0.39, 0.29) is 12.3 Å². The van der Waals surface area contributed by atoms with E-state index in [0.29, 0.717) is 12.1 Å². The maximum atomic E-state index is 12.1. The highest BCUT2D eigenvalue weighted by atomic mass is 32.1. The fraction of sp³-hybridized carbons (Fsp3) is 0.389. The van der Waals surface area contributed by atoms with Gasteiger partial charge in [-0.2, -0.15) is 0 Å². The Hall–Kier alpha value is -2.21. The van der Waals surface area contributed by atoms with Gasteiger partial charge in [-0.1, -0.05) is 38.1 Å². The van der Waals surface area contributed by atoms with E-state index in [9.17, 15) is 14.7 Å². The number of nitrogens with zero attached hydrogens (tertiary/aromatic N) is 1. The van der Waals surface area contributed by atoms with Crippen LogP contribution in [0.4, 0.5) is 0 Å². The van der Waals surface area contributed by atoms with Crippen molar-refractivity contribution >= 4 is 23.2 Å². The highest BCUT2D eigenvalue weighted by Gasteiger charge is 2.32. The molecule has 5 nitrogen and oxygen atoms in total. The molecule has 0 saturated carbocycles. The van der Waals surface area contributed by atoms with E-state index in [1.165, 1.54) is 23.8 Å². The van der Waals surface area contributed by atoms with Crippen LogP contribution in [-0.2, 0) is 22.4 Å². The fourth-order valence-electron chi connectivity index (χ4n) is 2.21. The molecule has 1 amide bonds. The lowest BCUT2D eigenvalue weighted by molar-refractivity contribution is -0.146. The zero-order chi connectivity index (χ0) is 17.7. The van der Waals surface area contributed by atoms with Gasteiger partial charge in [0.2, 0.25) is 5.91 Å². The van der Waals surface area contributed by atoms with Crippen LogP contribution in [0.3, 0.4) is 0 Å². The molecular formula is C18H22N2O3S. The van der Waals surface area contributed by atoms with E-state index >= 15 is 0 Å². The Kier molecular flexibility index (Phi) is 5.72. The molecule has 0 saturated heterocycles. The zero-order valence-electron chi connectivity index (χ0n) is 14.1. The summed E-state index contributed by atoms with van der Waals surface area (Å²) in [5.74, 6) is -1.37. The molecule has 1 unspecified atom stereocenters. The van der Waals surface area contributed by atoms with Gasteiger partial charge < -0.3 is 10.4 Å². The van der Waals surface area contributed by atoms with Gasteiger partial charge in [-0.25, -0.2) is 9.78 Å². The Bertz CT molecular complexity index is 724. The molecule has 2 aromatic rings. The number of carboxylic acid groups (broad SMARTS) is 1. The Morgan fingerprint density at radius 1 is 1.25 bits per heavy atom. The standard InChI is InChI=1S/C18H22N2O3S/c1-4-12-6-8-13(9-7-12)16-19-14(11-24-16)10-15(21)20-18(3,5-2)17(22)23/h6-9,11H,4-5,10H2,1-3H3,(H,20,21)(H,22,23). The highest BCUT2D eigenvalue weighted by molar-refractivity contribution is 7.13. The number of carbonyl (C=O) groups is 2. The lowest BCUT2D eigenvalue weighted by atomic mass is 9.99. The van der Waals surface area contributed by atoms with E-state index in [1.807, 2.05) is 17.5 Å². The summed E-state index contributed by atoms with van der Waals surface area (Å²) in [7, 11) is 0. The summed E-state index contributed by atoms with van der Waals surface area (Å²) in [4.78, 5) is 27.9. The summed E-state index contributed by atoms with van der Waals surface area (Å²) in [5.41, 5.74) is 1.69. The third-order valence-corrected chi connectivity index (χ3v) is 5.04. The van der Waals surface area contributed by atoms with Crippen LogP contribution in [-0.4, -0.2) is 27.5 Å². The number of amides is 1. The highest BCUT2D eigenvalue weighted by Crippen LogP contribution is 2.24. The van der Waals surface area contributed by atoms with Gasteiger partial charge in [0, 0.05) is 10.9 Å². The van der Waals surface area contributed by atoms with Crippen LogP contribution in [0.2, 0.25) is 0 Å². The molecule has 1 atom stereocenters. The van der Waals surface area contributed by atoms with E-state index in [2.05, 4.69) is 29.4 Å². The van der Waals surface area contributed by atoms with Gasteiger partial charge in [0.1, 0.15) is 10.5 Å². The van der Waals surface area contributed by atoms with Gasteiger partial charge in [-0.15, -0.1) is 11.3 Å². The normalized spacial score (nSPS) is 13.3. The van der Waals surface area contributed by atoms with Crippen molar-refractivity contribution in [3.63, 3.8) is 0 Å². The van der Waals surface area contributed by atoms with Crippen molar-refractivity contribution in [3.05, 3.63) is 40.9 Å². The van der Waals surface area contributed by atoms with Gasteiger partial charge in [0.15, 0.2) is 0 Å². The molecule has 2 N–H and O–H groups in total. The summed E-state index contributed by atoms with van der Waals surface area (Å²) in [6.07, 6.45) is 1.38. The Balaban J connectivity index is 2.05. The molecular weight excluding hydrogens is 324 g/mol. The molecule has 1 aromatic carbocycles. The van der Waals surface area contributed by atoms with Crippen LogP contribution in [0.15, 0.2) is 29.6 Å². The molecule has 24 heavy (non-hydrogen) atoms. The van der Waals surface area contributed by atoms with Crippen molar-refractivity contribution < 1.29 is 14.7 Å². The molecule has 6 heteroatoms. The summed E-state index contributed by atoms with van der Waals surface area (Å²) in [6.45, 7) is 5.35. The average molecular weight is 346 g/mol. The fourth-order valence-corrected chi connectivity index (χ4v) is 3.04. The molecule has 128 valence electrons.